The molecule has 3 heterocycles. The van der Waals surface area contributed by atoms with Crippen LogP contribution in [0.4, 0.5) is 31.5 Å². The van der Waals surface area contributed by atoms with Gasteiger partial charge in [-0.3, -0.25) is 0 Å². The molecule has 8 aromatic carbocycles. The van der Waals surface area contributed by atoms with Crippen molar-refractivity contribution < 1.29 is 34.6 Å². The molecule has 0 N–H and O–H groups in total. The number of hydrogen-bond acceptors (Lipinski definition) is 4. The van der Waals surface area contributed by atoms with Crippen molar-refractivity contribution in [2.75, 3.05) is 9.80 Å². The second kappa shape index (κ2) is 22.3. The van der Waals surface area contributed by atoms with Gasteiger partial charge in [-0.25, -0.2) is 13.8 Å². The maximum absolute atomic E-state index is 15.7. The molecule has 0 saturated heterocycles. The van der Waals surface area contributed by atoms with E-state index in [1.54, 1.807) is 0 Å². The van der Waals surface area contributed by atoms with E-state index in [2.05, 4.69) is 265 Å². The zero-order valence-corrected chi connectivity index (χ0v) is 53.8. The summed E-state index contributed by atoms with van der Waals surface area (Å²) < 4.78 is 40.8. The average molecular weight is 1300 g/mol. The fourth-order valence-corrected chi connectivity index (χ4v) is 11.3. The van der Waals surface area contributed by atoms with E-state index < -0.39 is 11.6 Å². The summed E-state index contributed by atoms with van der Waals surface area (Å²) in [4.78, 5) is 9.32. The van der Waals surface area contributed by atoms with E-state index in [1.807, 2.05) is 18.3 Å². The normalized spacial score (nSPS) is 13.1. The van der Waals surface area contributed by atoms with Gasteiger partial charge in [0.25, 0.3) is 0 Å². The van der Waals surface area contributed by atoms with Gasteiger partial charge in [0, 0.05) is 78.5 Å². The van der Waals surface area contributed by atoms with Gasteiger partial charge in [0.2, 0.25) is 0 Å². The number of anilines is 4. The fraction of sp³-hybridized carbons (Fsp3) is 0.289. The summed E-state index contributed by atoms with van der Waals surface area (Å²) in [5.41, 5.74) is 16.8. The minimum absolute atomic E-state index is 0. The topological polar surface area (TPSA) is 33.5 Å². The van der Waals surface area contributed by atoms with Crippen molar-refractivity contribution in [1.82, 2.24) is 9.55 Å². The number of aromatic nitrogens is 2. The Morgan fingerprint density at radius 2 is 1.01 bits per heavy atom. The first kappa shape index (κ1) is 59.8. The Balaban J connectivity index is 0.00000786. The molecule has 434 valence electrons. The maximum atomic E-state index is 15.7. The van der Waals surface area contributed by atoms with Crippen molar-refractivity contribution in [3.05, 3.63) is 222 Å². The number of fused-ring (bicyclic) bond motifs is 4. The Bertz CT molecular complexity index is 4060. The van der Waals surface area contributed by atoms with E-state index >= 15 is 8.78 Å². The molecule has 0 fully saturated rings. The van der Waals surface area contributed by atoms with Crippen LogP contribution in [0.15, 0.2) is 158 Å². The van der Waals surface area contributed by atoms with Crippen molar-refractivity contribution in [3.63, 3.8) is 0 Å². The van der Waals surface area contributed by atoms with Gasteiger partial charge in [0.1, 0.15) is 17.5 Å². The van der Waals surface area contributed by atoms with E-state index in [0.29, 0.717) is 22.6 Å². The second-order valence-electron chi connectivity index (χ2n) is 27.5. The largest absolute Gasteiger partial charge is 0.509 e. The Labute approximate surface area is 512 Å². The summed E-state index contributed by atoms with van der Waals surface area (Å²) in [5, 5.41) is 2.14. The van der Waals surface area contributed by atoms with Crippen LogP contribution in [0.3, 0.4) is 0 Å². The van der Waals surface area contributed by atoms with Gasteiger partial charge in [-0.05, 0) is 144 Å². The summed E-state index contributed by atoms with van der Waals surface area (Å²) in [6.45, 7) is 37.8. The molecule has 0 saturated carbocycles. The summed E-state index contributed by atoms with van der Waals surface area (Å²) in [6, 6.07) is 59.1. The molecule has 10 aromatic rings. The number of halogens is 2. The van der Waals surface area contributed by atoms with Crippen molar-refractivity contribution >= 4 is 44.6 Å². The number of nitrogens with zero attached hydrogens (tertiary/aromatic N) is 4. The van der Waals surface area contributed by atoms with Gasteiger partial charge in [-0.1, -0.05) is 183 Å². The molecular formula is C76H77F2N4OPt-3. The minimum Gasteiger partial charge on any atom is -0.509 e. The summed E-state index contributed by atoms with van der Waals surface area (Å²) >= 11 is 0. The van der Waals surface area contributed by atoms with Gasteiger partial charge in [-0.15, -0.1) is 53.6 Å². The zero-order chi connectivity index (χ0) is 59.2. The Kier molecular flexibility index (Phi) is 15.8. The number of benzene rings is 8. The maximum Gasteiger partial charge on any atom is 0.135 e. The fourth-order valence-electron chi connectivity index (χ4n) is 11.3. The molecule has 8 heteroatoms. The summed E-state index contributed by atoms with van der Waals surface area (Å²) in [7, 11) is 0. The van der Waals surface area contributed by atoms with Crippen molar-refractivity contribution in [2.45, 2.75) is 144 Å². The minimum atomic E-state index is -0.640. The van der Waals surface area contributed by atoms with Crippen LogP contribution in [0.5, 0.6) is 11.5 Å². The molecule has 0 aliphatic carbocycles. The van der Waals surface area contributed by atoms with E-state index in [1.165, 1.54) is 39.9 Å². The monoisotopic (exact) mass is 1290 g/mol. The molecule has 1 aliphatic rings. The van der Waals surface area contributed by atoms with Crippen molar-refractivity contribution in [1.29, 1.82) is 0 Å². The molecule has 0 spiro atoms. The Morgan fingerprint density at radius 1 is 0.476 bits per heavy atom. The van der Waals surface area contributed by atoms with E-state index in [0.717, 1.165) is 84.3 Å². The molecule has 0 bridgehead atoms. The molecule has 5 nitrogen and oxygen atoms in total. The Morgan fingerprint density at radius 3 is 1.60 bits per heavy atom. The van der Waals surface area contributed by atoms with E-state index in [-0.39, 0.29) is 54.6 Å². The predicted molar refractivity (Wildman–Crippen MR) is 343 cm³/mol. The number of pyridine rings is 1. The van der Waals surface area contributed by atoms with Gasteiger partial charge in [0.15, 0.2) is 0 Å². The molecule has 11 rings (SSSR count). The molecule has 1 aliphatic heterocycles. The van der Waals surface area contributed by atoms with Crippen LogP contribution in [0.25, 0.3) is 61.0 Å². The SMILES string of the molecule is CC(C)c1cc(-c2cc(C(C)(C)C)cc(-c3cc(F)cc(F)c3)c2N2[CH-]N(c3[c-]c(Oc4[c-]c5c(cc4)c4ccccc4n5-c4cc(C(C)(C)C)ccn4)cc(-c4cc(C(C)(C)C)cc(C(C)(C)C)c4)c3)c3ccccc32)cc(C(C)C)c1.[Pt]. The third-order valence-corrected chi connectivity index (χ3v) is 16.3. The van der Waals surface area contributed by atoms with Crippen molar-refractivity contribution in [2.24, 2.45) is 0 Å². The van der Waals surface area contributed by atoms with Crippen LogP contribution < -0.4 is 14.5 Å². The smallest absolute Gasteiger partial charge is 0.135 e. The first-order valence-corrected chi connectivity index (χ1v) is 29.3. The van der Waals surface area contributed by atoms with Gasteiger partial charge in [-0.2, -0.15) is 6.07 Å². The van der Waals surface area contributed by atoms with E-state index in [9.17, 15) is 0 Å². The second-order valence-corrected chi connectivity index (χ2v) is 27.5. The first-order chi connectivity index (χ1) is 39.1. The van der Waals surface area contributed by atoms with Crippen LogP contribution >= 0.6 is 0 Å². The third kappa shape index (κ3) is 11.8. The molecule has 0 amide bonds. The molecular weight excluding hydrogens is 1220 g/mol. The summed E-state index contributed by atoms with van der Waals surface area (Å²) in [6.07, 6.45) is 1.89. The first-order valence-electron chi connectivity index (χ1n) is 29.3. The van der Waals surface area contributed by atoms with Crippen LogP contribution in [-0.4, -0.2) is 9.55 Å². The van der Waals surface area contributed by atoms with Crippen LogP contribution in [0.2, 0.25) is 0 Å². The number of hydrogen-bond donors (Lipinski definition) is 0. The molecule has 0 atom stereocenters. The number of rotatable bonds is 10. The molecule has 84 heavy (non-hydrogen) atoms. The van der Waals surface area contributed by atoms with Crippen LogP contribution in [-0.2, 0) is 42.7 Å². The molecule has 0 unspecified atom stereocenters. The van der Waals surface area contributed by atoms with Gasteiger partial charge < -0.3 is 19.1 Å². The van der Waals surface area contributed by atoms with E-state index in [4.69, 9.17) is 9.72 Å². The Hall–Kier alpha value is -7.34. The number of para-hydroxylation sites is 3. The molecule has 0 radical (unpaired) electrons. The quantitative estimate of drug-likeness (QED) is 0.128. The predicted octanol–water partition coefficient (Wildman–Crippen LogP) is 21.7. The standard InChI is InChI=1S/C76H77F2N4O.Pt/c1-46(2)48-29-49(47(3)4)31-52(30-48)65-39-57(76(14,15)16)40-66(53-34-58(77)42-59(78)35-53)72(65)81-45-80(68-23-19-20-24-69(68)81)60-36-51(50-32-55(74(8,9)10)38-56(33-50)75(11,12)13)37-62(43-60)83-61-25-26-64-63-21-17-18-22-67(63)82(70(64)44-61)71-41-54(27-28-79-71)73(5,6)7;/h17-42,45-47H,1-16H3;/q-3;. The molecule has 2 aromatic heterocycles. The third-order valence-electron chi connectivity index (χ3n) is 16.3. The van der Waals surface area contributed by atoms with Crippen molar-refractivity contribution in [3.8, 4) is 50.7 Å². The van der Waals surface area contributed by atoms with Gasteiger partial charge in [0.05, 0.1) is 0 Å². The van der Waals surface area contributed by atoms with Gasteiger partial charge >= 0.3 is 0 Å². The van der Waals surface area contributed by atoms with Crippen LogP contribution in [0.1, 0.15) is 156 Å². The summed E-state index contributed by atoms with van der Waals surface area (Å²) in [5.74, 6) is 1.06. The number of ether oxygens (including phenoxy) is 1. The average Bonchev–Trinajstić information content (AvgIpc) is 2.06. The van der Waals surface area contributed by atoms with Crippen LogP contribution in [0, 0.1) is 30.4 Å². The zero-order valence-electron chi connectivity index (χ0n) is 51.5.